The molecule has 3 rings (SSSR count). The van der Waals surface area contributed by atoms with Crippen molar-refractivity contribution in [2.75, 3.05) is 33.3 Å². The maximum Gasteiger partial charge on any atom is 0.306 e. The summed E-state index contributed by atoms with van der Waals surface area (Å²) in [6.45, 7) is 4.83. The second-order valence-corrected chi connectivity index (χ2v) is 6.12. The van der Waals surface area contributed by atoms with Crippen molar-refractivity contribution in [2.24, 2.45) is 0 Å². The van der Waals surface area contributed by atoms with E-state index >= 15 is 0 Å². The summed E-state index contributed by atoms with van der Waals surface area (Å²) < 4.78 is 10.2. The van der Waals surface area contributed by atoms with Gasteiger partial charge in [0, 0.05) is 37.6 Å². The summed E-state index contributed by atoms with van der Waals surface area (Å²) in [7, 11) is 1.40. The van der Waals surface area contributed by atoms with Gasteiger partial charge in [0.2, 0.25) is 0 Å². The van der Waals surface area contributed by atoms with Gasteiger partial charge >= 0.3 is 5.97 Å². The van der Waals surface area contributed by atoms with E-state index in [1.54, 1.807) is 6.26 Å². The summed E-state index contributed by atoms with van der Waals surface area (Å²) in [5.74, 6) is -0.203. The Morgan fingerprint density at radius 1 is 1.29 bits per heavy atom. The molecule has 2 heterocycles. The molecule has 0 N–H and O–H groups in total. The van der Waals surface area contributed by atoms with Crippen LogP contribution in [0.3, 0.4) is 0 Å². The van der Waals surface area contributed by atoms with Crippen LogP contribution in [0.2, 0.25) is 0 Å². The Bertz CT molecular complexity index is 739. The Kier molecular flexibility index (Phi) is 4.85. The molecule has 0 unspecified atom stereocenters. The first-order valence-electron chi connectivity index (χ1n) is 8.16. The van der Waals surface area contributed by atoms with E-state index in [1.165, 1.54) is 7.11 Å². The molecule has 1 aliphatic heterocycles. The Hall–Kier alpha value is -2.34. The van der Waals surface area contributed by atoms with Crippen molar-refractivity contribution >= 4 is 22.8 Å². The maximum absolute atomic E-state index is 12.9. The van der Waals surface area contributed by atoms with Gasteiger partial charge in [-0.15, -0.1) is 0 Å². The molecule has 6 nitrogen and oxygen atoms in total. The smallest absolute Gasteiger partial charge is 0.306 e. The lowest BCUT2D eigenvalue weighted by Gasteiger charge is -2.39. The number of methoxy groups -OCH3 is 1. The van der Waals surface area contributed by atoms with Gasteiger partial charge in [0.1, 0.15) is 11.8 Å². The predicted molar refractivity (Wildman–Crippen MR) is 89.8 cm³/mol. The number of furan rings is 1. The molecule has 1 amide bonds. The normalized spacial score (nSPS) is 18.8. The fourth-order valence-electron chi connectivity index (χ4n) is 3.19. The third-order valence-corrected chi connectivity index (χ3v) is 4.54. The van der Waals surface area contributed by atoms with Gasteiger partial charge in [-0.05, 0) is 13.0 Å². The Morgan fingerprint density at radius 2 is 2.08 bits per heavy atom. The molecule has 2 aromatic rings. The highest BCUT2D eigenvalue weighted by Crippen LogP contribution is 2.23. The molecule has 1 saturated heterocycles. The number of ether oxygens (including phenoxy) is 1. The van der Waals surface area contributed by atoms with Crippen molar-refractivity contribution in [3.8, 4) is 0 Å². The van der Waals surface area contributed by atoms with Gasteiger partial charge < -0.3 is 14.1 Å². The Balaban J connectivity index is 1.66. The van der Waals surface area contributed by atoms with E-state index in [0.29, 0.717) is 25.1 Å². The first-order valence-corrected chi connectivity index (χ1v) is 8.16. The summed E-state index contributed by atoms with van der Waals surface area (Å²) in [5.41, 5.74) is 1.34. The molecule has 0 saturated carbocycles. The van der Waals surface area contributed by atoms with Crippen LogP contribution < -0.4 is 0 Å². The zero-order valence-corrected chi connectivity index (χ0v) is 14.0. The number of hydrogen-bond donors (Lipinski definition) is 0. The quantitative estimate of drug-likeness (QED) is 0.804. The number of esters is 1. The molecule has 1 aliphatic rings. The third kappa shape index (κ3) is 3.28. The van der Waals surface area contributed by atoms with Gasteiger partial charge in [-0.3, -0.25) is 14.5 Å². The number of rotatable bonds is 4. The number of amides is 1. The van der Waals surface area contributed by atoms with Crippen molar-refractivity contribution in [1.82, 2.24) is 9.80 Å². The zero-order valence-electron chi connectivity index (χ0n) is 14.0. The molecule has 1 fully saturated rings. The topological polar surface area (TPSA) is 63.0 Å². The highest BCUT2D eigenvalue weighted by molar-refractivity contribution is 6.06. The number of nitrogens with zero attached hydrogens (tertiary/aromatic N) is 2. The minimum atomic E-state index is -0.203. The van der Waals surface area contributed by atoms with E-state index in [-0.39, 0.29) is 17.9 Å². The lowest BCUT2D eigenvalue weighted by molar-refractivity contribution is -0.141. The largest absolute Gasteiger partial charge is 0.469 e. The molecule has 0 radical (unpaired) electrons. The highest BCUT2D eigenvalue weighted by Gasteiger charge is 2.29. The predicted octanol–water partition coefficient (Wildman–Crippen LogP) is 2.14. The lowest BCUT2D eigenvalue weighted by atomic mass is 10.1. The molecule has 1 atom stereocenters. The zero-order chi connectivity index (χ0) is 17.1. The van der Waals surface area contributed by atoms with Gasteiger partial charge in [-0.1, -0.05) is 18.2 Å². The number of carbonyl (C=O) groups is 2. The highest BCUT2D eigenvalue weighted by atomic mass is 16.5. The summed E-state index contributed by atoms with van der Waals surface area (Å²) in [4.78, 5) is 28.2. The van der Waals surface area contributed by atoms with E-state index in [0.717, 1.165) is 24.1 Å². The molecule has 0 spiro atoms. The molecular weight excluding hydrogens is 308 g/mol. The Morgan fingerprint density at radius 3 is 2.83 bits per heavy atom. The molecule has 0 bridgehead atoms. The van der Waals surface area contributed by atoms with Crippen LogP contribution in [0.15, 0.2) is 34.9 Å². The van der Waals surface area contributed by atoms with Crippen LogP contribution in [-0.2, 0) is 9.53 Å². The summed E-state index contributed by atoms with van der Waals surface area (Å²) in [5, 5.41) is 0.850. The summed E-state index contributed by atoms with van der Waals surface area (Å²) >= 11 is 0. The van der Waals surface area contributed by atoms with Crippen molar-refractivity contribution in [3.63, 3.8) is 0 Å². The molecular formula is C18H22N2O4. The van der Waals surface area contributed by atoms with Crippen LogP contribution in [0.25, 0.3) is 11.0 Å². The first-order chi connectivity index (χ1) is 11.6. The van der Waals surface area contributed by atoms with Crippen molar-refractivity contribution in [3.05, 3.63) is 36.1 Å². The maximum atomic E-state index is 12.9. The van der Waals surface area contributed by atoms with Gasteiger partial charge in [0.15, 0.2) is 0 Å². The van der Waals surface area contributed by atoms with Crippen LogP contribution in [0, 0.1) is 0 Å². The van der Waals surface area contributed by atoms with Crippen LogP contribution >= 0.6 is 0 Å². The van der Waals surface area contributed by atoms with Gasteiger partial charge in [-0.25, -0.2) is 0 Å². The van der Waals surface area contributed by atoms with E-state index in [9.17, 15) is 9.59 Å². The van der Waals surface area contributed by atoms with Crippen LogP contribution in [0.4, 0.5) is 0 Å². The average Bonchev–Trinajstić information content (AvgIpc) is 3.03. The molecule has 6 heteroatoms. The fourth-order valence-corrected chi connectivity index (χ4v) is 3.19. The second kappa shape index (κ2) is 7.05. The van der Waals surface area contributed by atoms with Crippen LogP contribution in [0.1, 0.15) is 23.7 Å². The summed E-state index contributed by atoms with van der Waals surface area (Å²) in [6.07, 6.45) is 1.92. The van der Waals surface area contributed by atoms with Crippen molar-refractivity contribution < 1.29 is 18.7 Å². The van der Waals surface area contributed by atoms with Gasteiger partial charge in [0.05, 0.1) is 19.1 Å². The van der Waals surface area contributed by atoms with E-state index in [1.807, 2.05) is 36.1 Å². The fraction of sp³-hybridized carbons (Fsp3) is 0.444. The monoisotopic (exact) mass is 330 g/mol. The van der Waals surface area contributed by atoms with E-state index in [2.05, 4.69) is 9.64 Å². The molecule has 0 aliphatic carbocycles. The number of piperazine rings is 1. The SMILES string of the molecule is COC(=O)CCN1CCN(C(=O)c2coc3ccccc23)[C@H](C)C1. The first kappa shape index (κ1) is 16.5. The second-order valence-electron chi connectivity index (χ2n) is 6.12. The van der Waals surface area contributed by atoms with Gasteiger partial charge in [-0.2, -0.15) is 0 Å². The van der Waals surface area contributed by atoms with Crippen molar-refractivity contribution in [2.45, 2.75) is 19.4 Å². The number of benzene rings is 1. The van der Waals surface area contributed by atoms with E-state index < -0.39 is 0 Å². The number of fused-ring (bicyclic) bond motifs is 1. The van der Waals surface area contributed by atoms with Crippen molar-refractivity contribution in [1.29, 1.82) is 0 Å². The minimum absolute atomic E-state index is 0.0000629. The molecule has 1 aromatic heterocycles. The number of carbonyl (C=O) groups excluding carboxylic acids is 2. The lowest BCUT2D eigenvalue weighted by Crippen LogP contribution is -2.54. The van der Waals surface area contributed by atoms with Crippen LogP contribution in [0.5, 0.6) is 0 Å². The standard InChI is InChI=1S/C18H22N2O4/c1-13-11-19(8-7-17(21)23-2)9-10-20(13)18(22)15-12-24-16-6-4-3-5-14(15)16/h3-6,12-13H,7-11H2,1-2H3/t13-/m1/s1. The van der Waals surface area contributed by atoms with Crippen LogP contribution in [-0.4, -0.2) is 61.0 Å². The van der Waals surface area contributed by atoms with E-state index in [4.69, 9.17) is 4.42 Å². The third-order valence-electron chi connectivity index (χ3n) is 4.54. The minimum Gasteiger partial charge on any atom is -0.469 e. The van der Waals surface area contributed by atoms with Gasteiger partial charge in [0.25, 0.3) is 5.91 Å². The molecule has 128 valence electrons. The number of para-hydroxylation sites is 1. The Labute approximate surface area is 141 Å². The molecule has 24 heavy (non-hydrogen) atoms. The number of hydrogen-bond acceptors (Lipinski definition) is 5. The average molecular weight is 330 g/mol. The summed E-state index contributed by atoms with van der Waals surface area (Å²) in [6, 6.07) is 7.65. The molecule has 1 aromatic carbocycles.